The van der Waals surface area contributed by atoms with Crippen molar-refractivity contribution in [2.24, 2.45) is 0 Å². The van der Waals surface area contributed by atoms with Crippen molar-refractivity contribution in [1.82, 2.24) is 0 Å². The Balaban J connectivity index is 2.19. The monoisotopic (exact) mass is 310 g/mol. The lowest BCUT2D eigenvalue weighted by molar-refractivity contribution is 0.388. The summed E-state index contributed by atoms with van der Waals surface area (Å²) in [7, 11) is 0.552. The standard InChI is InChI=1S/C19H16FOP/c1-21-17-13-8-14-18(19(17)20)22(15-9-4-2-5-10-15)16-11-6-3-7-12-16/h2-14H,1H3. The van der Waals surface area contributed by atoms with Crippen LogP contribution in [0.2, 0.25) is 0 Å². The minimum atomic E-state index is -0.944. The highest BCUT2D eigenvalue weighted by Crippen LogP contribution is 2.35. The number of methoxy groups -OCH3 is 1. The smallest absolute Gasteiger partial charge is 0.173 e. The van der Waals surface area contributed by atoms with E-state index in [9.17, 15) is 4.39 Å². The minimum Gasteiger partial charge on any atom is -0.494 e. The number of rotatable bonds is 4. The first kappa shape index (κ1) is 14.7. The zero-order valence-corrected chi connectivity index (χ0v) is 13.1. The second-order valence-electron chi connectivity index (χ2n) is 4.80. The van der Waals surface area contributed by atoms with E-state index in [0.717, 1.165) is 10.6 Å². The Kier molecular flexibility index (Phi) is 4.50. The molecule has 0 atom stereocenters. The SMILES string of the molecule is COc1cccc(P(c2ccccc2)c2ccccc2)c1F. The van der Waals surface area contributed by atoms with Gasteiger partial charge in [0.2, 0.25) is 0 Å². The average molecular weight is 310 g/mol. The van der Waals surface area contributed by atoms with Crippen LogP contribution >= 0.6 is 7.92 Å². The molecule has 110 valence electrons. The van der Waals surface area contributed by atoms with Crippen molar-refractivity contribution in [2.75, 3.05) is 7.11 Å². The van der Waals surface area contributed by atoms with Crippen LogP contribution in [-0.4, -0.2) is 7.11 Å². The molecule has 0 radical (unpaired) electrons. The summed E-state index contributed by atoms with van der Waals surface area (Å²) in [5.41, 5.74) is 0. The van der Waals surface area contributed by atoms with E-state index in [4.69, 9.17) is 4.74 Å². The van der Waals surface area contributed by atoms with E-state index in [0.29, 0.717) is 5.30 Å². The molecule has 0 aliphatic heterocycles. The van der Waals surface area contributed by atoms with Crippen LogP contribution in [-0.2, 0) is 0 Å². The normalized spacial score (nSPS) is 10.7. The average Bonchev–Trinajstić information content (AvgIpc) is 2.59. The van der Waals surface area contributed by atoms with Crippen molar-refractivity contribution in [3.63, 3.8) is 0 Å². The minimum absolute atomic E-state index is 0.274. The number of ether oxygens (including phenoxy) is 1. The van der Waals surface area contributed by atoms with Crippen molar-refractivity contribution in [2.45, 2.75) is 0 Å². The van der Waals surface area contributed by atoms with Crippen LogP contribution in [0.4, 0.5) is 4.39 Å². The van der Waals surface area contributed by atoms with Gasteiger partial charge in [0.15, 0.2) is 11.6 Å². The fourth-order valence-corrected chi connectivity index (χ4v) is 4.75. The van der Waals surface area contributed by atoms with Crippen LogP contribution in [0.5, 0.6) is 5.75 Å². The predicted octanol–water partition coefficient (Wildman–Crippen LogP) is 3.59. The molecule has 22 heavy (non-hydrogen) atoms. The highest BCUT2D eigenvalue weighted by molar-refractivity contribution is 7.79. The first-order valence-electron chi connectivity index (χ1n) is 7.04. The summed E-state index contributed by atoms with van der Waals surface area (Å²) in [6.07, 6.45) is 0. The van der Waals surface area contributed by atoms with Gasteiger partial charge in [0.1, 0.15) is 0 Å². The summed E-state index contributed by atoms with van der Waals surface area (Å²) in [6, 6.07) is 25.5. The first-order valence-corrected chi connectivity index (χ1v) is 8.38. The van der Waals surface area contributed by atoms with E-state index in [1.165, 1.54) is 7.11 Å². The van der Waals surface area contributed by atoms with Crippen molar-refractivity contribution >= 4 is 23.8 Å². The Morgan fingerprint density at radius 2 is 1.27 bits per heavy atom. The fourth-order valence-electron chi connectivity index (χ4n) is 2.41. The van der Waals surface area contributed by atoms with Gasteiger partial charge in [-0.1, -0.05) is 72.8 Å². The van der Waals surface area contributed by atoms with Crippen molar-refractivity contribution in [3.05, 3.63) is 84.7 Å². The maximum absolute atomic E-state index is 14.8. The van der Waals surface area contributed by atoms with E-state index in [1.54, 1.807) is 6.07 Å². The molecule has 0 aliphatic rings. The largest absolute Gasteiger partial charge is 0.494 e. The third-order valence-corrected chi connectivity index (χ3v) is 5.89. The van der Waals surface area contributed by atoms with E-state index >= 15 is 0 Å². The summed E-state index contributed by atoms with van der Waals surface area (Å²) in [5, 5.41) is 2.93. The van der Waals surface area contributed by atoms with Gasteiger partial charge in [-0.05, 0) is 24.6 Å². The van der Waals surface area contributed by atoms with Gasteiger partial charge in [-0.15, -0.1) is 0 Å². The lowest BCUT2D eigenvalue weighted by Crippen LogP contribution is -2.23. The number of benzene rings is 3. The predicted molar refractivity (Wildman–Crippen MR) is 91.7 cm³/mol. The van der Waals surface area contributed by atoms with Crippen LogP contribution in [0.25, 0.3) is 0 Å². The molecule has 0 unspecified atom stereocenters. The summed E-state index contributed by atoms with van der Waals surface area (Å²) in [4.78, 5) is 0. The Hall–Kier alpha value is -2.18. The molecule has 3 aromatic carbocycles. The Labute approximate surface area is 131 Å². The molecular weight excluding hydrogens is 294 g/mol. The molecule has 0 aromatic heterocycles. The highest BCUT2D eigenvalue weighted by atomic mass is 31.1. The number of halogens is 1. The van der Waals surface area contributed by atoms with Crippen molar-refractivity contribution in [3.8, 4) is 5.75 Å². The van der Waals surface area contributed by atoms with Gasteiger partial charge >= 0.3 is 0 Å². The van der Waals surface area contributed by atoms with Gasteiger partial charge in [-0.3, -0.25) is 0 Å². The number of hydrogen-bond donors (Lipinski definition) is 0. The lowest BCUT2D eigenvalue weighted by atomic mass is 10.3. The highest BCUT2D eigenvalue weighted by Gasteiger charge is 2.21. The van der Waals surface area contributed by atoms with Crippen LogP contribution < -0.4 is 20.7 Å². The lowest BCUT2D eigenvalue weighted by Gasteiger charge is -2.20. The summed E-state index contributed by atoms with van der Waals surface area (Å²) in [6.45, 7) is 0. The fraction of sp³-hybridized carbons (Fsp3) is 0.0526. The molecular formula is C19H16FOP. The molecule has 0 spiro atoms. The Morgan fingerprint density at radius 1 is 0.727 bits per heavy atom. The van der Waals surface area contributed by atoms with Crippen LogP contribution in [0, 0.1) is 5.82 Å². The summed E-state index contributed by atoms with van der Waals surface area (Å²) >= 11 is 0. The molecule has 3 aromatic rings. The van der Waals surface area contributed by atoms with E-state index in [1.807, 2.05) is 48.5 Å². The molecule has 3 heteroatoms. The zero-order valence-electron chi connectivity index (χ0n) is 12.2. The molecule has 3 rings (SSSR count). The second-order valence-corrected chi connectivity index (χ2v) is 6.99. The third-order valence-electron chi connectivity index (χ3n) is 3.43. The molecule has 0 bridgehead atoms. The molecule has 0 aliphatic carbocycles. The topological polar surface area (TPSA) is 9.23 Å². The van der Waals surface area contributed by atoms with Crippen LogP contribution in [0.3, 0.4) is 0 Å². The molecule has 0 saturated carbocycles. The summed E-state index contributed by atoms with van der Waals surface area (Å²) in [5.74, 6) is 0.0145. The Bertz CT molecular complexity index is 704. The summed E-state index contributed by atoms with van der Waals surface area (Å²) < 4.78 is 19.9. The quantitative estimate of drug-likeness (QED) is 0.669. The van der Waals surface area contributed by atoms with E-state index < -0.39 is 7.92 Å². The maximum atomic E-state index is 14.8. The van der Waals surface area contributed by atoms with Gasteiger partial charge in [-0.25, -0.2) is 4.39 Å². The molecule has 1 nitrogen and oxygen atoms in total. The first-order chi connectivity index (χ1) is 10.8. The zero-order chi connectivity index (χ0) is 15.4. The molecule has 0 amide bonds. The van der Waals surface area contributed by atoms with E-state index in [-0.39, 0.29) is 11.6 Å². The van der Waals surface area contributed by atoms with Gasteiger partial charge in [-0.2, -0.15) is 0 Å². The molecule has 0 fully saturated rings. The molecule has 0 saturated heterocycles. The third kappa shape index (κ3) is 2.88. The molecule has 0 heterocycles. The Morgan fingerprint density at radius 3 is 1.77 bits per heavy atom. The van der Waals surface area contributed by atoms with Gasteiger partial charge in [0, 0.05) is 5.30 Å². The second kappa shape index (κ2) is 6.72. The van der Waals surface area contributed by atoms with Gasteiger partial charge in [0.25, 0.3) is 0 Å². The van der Waals surface area contributed by atoms with Crippen LogP contribution in [0.1, 0.15) is 0 Å². The van der Waals surface area contributed by atoms with Gasteiger partial charge < -0.3 is 4.74 Å². The van der Waals surface area contributed by atoms with Crippen LogP contribution in [0.15, 0.2) is 78.9 Å². The number of hydrogen-bond acceptors (Lipinski definition) is 1. The maximum Gasteiger partial charge on any atom is 0.173 e. The van der Waals surface area contributed by atoms with Gasteiger partial charge in [0.05, 0.1) is 7.11 Å². The van der Waals surface area contributed by atoms with E-state index in [2.05, 4.69) is 24.3 Å². The van der Waals surface area contributed by atoms with Crippen molar-refractivity contribution < 1.29 is 9.13 Å². The van der Waals surface area contributed by atoms with Crippen molar-refractivity contribution in [1.29, 1.82) is 0 Å². The molecule has 0 N–H and O–H groups in total.